The van der Waals surface area contributed by atoms with Crippen molar-refractivity contribution in [3.05, 3.63) is 0 Å². The Morgan fingerprint density at radius 2 is 2.33 bits per heavy atom. The van der Waals surface area contributed by atoms with Crippen LogP contribution in [0.2, 0.25) is 0 Å². The summed E-state index contributed by atoms with van der Waals surface area (Å²) in [5.41, 5.74) is 0. The normalized spacial score (nSPS) is 27.8. The Labute approximate surface area is 54.1 Å². The zero-order valence-corrected chi connectivity index (χ0v) is 5.26. The fourth-order valence-corrected chi connectivity index (χ4v) is 1.06. The molecule has 1 fully saturated rings. The van der Waals surface area contributed by atoms with Crippen molar-refractivity contribution in [1.29, 1.82) is 0 Å². The molecule has 0 aromatic heterocycles. The number of nitrogens with one attached hydrogen (secondary N) is 1. The molecule has 0 aromatic carbocycles. The predicted octanol–water partition coefficient (Wildman–Crippen LogP) is 0.213. The van der Waals surface area contributed by atoms with Crippen LogP contribution in [-0.4, -0.2) is 23.7 Å². The van der Waals surface area contributed by atoms with Crippen molar-refractivity contribution in [2.45, 2.75) is 25.3 Å². The van der Waals surface area contributed by atoms with E-state index in [0.29, 0.717) is 0 Å². The summed E-state index contributed by atoms with van der Waals surface area (Å²) in [6.45, 7) is 0.858. The highest BCUT2D eigenvalue weighted by Crippen LogP contribution is 2.05. The third-order valence-electron chi connectivity index (χ3n) is 1.61. The second-order valence-electron chi connectivity index (χ2n) is 2.34. The van der Waals surface area contributed by atoms with Crippen molar-refractivity contribution in [1.82, 2.24) is 5.32 Å². The van der Waals surface area contributed by atoms with Gasteiger partial charge in [0, 0.05) is 0 Å². The molecule has 1 unspecified atom stereocenters. The van der Waals surface area contributed by atoms with Crippen molar-refractivity contribution < 1.29 is 9.90 Å². The van der Waals surface area contributed by atoms with Gasteiger partial charge < -0.3 is 10.4 Å². The molecule has 0 spiro atoms. The fraction of sp³-hybridized carbons (Fsp3) is 0.833. The highest BCUT2D eigenvalue weighted by atomic mass is 16.5. The van der Waals surface area contributed by atoms with Gasteiger partial charge in [0.15, 0.2) is 0 Å². The number of hydrogen-bond donors (Lipinski definition) is 2. The first-order valence-electron chi connectivity index (χ1n) is 3.27. The largest absolute Gasteiger partial charge is 0.480 e. The summed E-state index contributed by atoms with van der Waals surface area (Å²) < 4.78 is 0. The molecule has 0 saturated carbocycles. The number of piperidine rings is 1. The quantitative estimate of drug-likeness (QED) is 0.499. The fourth-order valence-electron chi connectivity index (χ4n) is 1.06. The van der Waals surface area contributed by atoms with Gasteiger partial charge >= 0.3 is 5.97 Å². The van der Waals surface area contributed by atoms with Crippen LogP contribution in [0, 0.1) is 0 Å². The topological polar surface area (TPSA) is 49.3 Å². The molecule has 0 amide bonds. The van der Waals surface area contributed by atoms with Crippen LogP contribution in [0.1, 0.15) is 19.3 Å². The van der Waals surface area contributed by atoms with Crippen LogP contribution in [0.15, 0.2) is 0 Å². The van der Waals surface area contributed by atoms with E-state index in [4.69, 9.17) is 5.11 Å². The molecule has 1 saturated heterocycles. The lowest BCUT2D eigenvalue weighted by atomic mass is 10.1. The summed E-state index contributed by atoms with van der Waals surface area (Å²) in [6, 6.07) is -0.279. The summed E-state index contributed by atoms with van der Waals surface area (Å²) in [4.78, 5) is 10.3. The molecule has 2 N–H and O–H groups in total. The number of hydrogen-bond acceptors (Lipinski definition) is 2. The van der Waals surface area contributed by atoms with Crippen LogP contribution >= 0.6 is 0 Å². The first kappa shape index (κ1) is 6.55. The molecule has 3 heteroatoms. The summed E-state index contributed by atoms with van der Waals surface area (Å²) in [6.07, 6.45) is 2.95. The smallest absolute Gasteiger partial charge is 0.320 e. The second kappa shape index (κ2) is 2.82. The first-order chi connectivity index (χ1) is 4.30. The van der Waals surface area contributed by atoms with Crippen LogP contribution in [0.25, 0.3) is 0 Å². The zero-order chi connectivity index (χ0) is 6.69. The van der Waals surface area contributed by atoms with Gasteiger partial charge in [-0.2, -0.15) is 0 Å². The third kappa shape index (κ3) is 1.68. The summed E-state index contributed by atoms with van der Waals surface area (Å²) in [7, 11) is 0. The van der Waals surface area contributed by atoms with Crippen LogP contribution in [0.3, 0.4) is 0 Å². The molecule has 0 aliphatic carbocycles. The maximum absolute atomic E-state index is 10.3. The molecule has 52 valence electrons. The standard InChI is InChI=1S/C6H11NO2/c8-6(9)5-3-1-2-4-7-5/h5,7H,1-4H2,(H,8,9)/i6+1. The van der Waals surface area contributed by atoms with Crippen molar-refractivity contribution >= 4 is 5.97 Å². The molecule has 3 nitrogen and oxygen atoms in total. The molecule has 1 rings (SSSR count). The molecule has 1 atom stereocenters. The van der Waals surface area contributed by atoms with Gasteiger partial charge in [0.1, 0.15) is 6.04 Å². The minimum absolute atomic E-state index is 0.279. The van der Waals surface area contributed by atoms with E-state index in [1.54, 1.807) is 0 Å². The third-order valence-corrected chi connectivity index (χ3v) is 1.61. The van der Waals surface area contributed by atoms with Crippen molar-refractivity contribution in [3.63, 3.8) is 0 Å². The molecular formula is C6H11NO2. The van der Waals surface area contributed by atoms with Crippen LogP contribution in [0.5, 0.6) is 0 Å². The summed E-state index contributed by atoms with van der Waals surface area (Å²) >= 11 is 0. The Morgan fingerprint density at radius 3 is 2.67 bits per heavy atom. The summed E-state index contributed by atoms with van der Waals surface area (Å²) in [5, 5.41) is 11.4. The van der Waals surface area contributed by atoms with Gasteiger partial charge in [-0.3, -0.25) is 4.79 Å². The average Bonchev–Trinajstić information content (AvgIpc) is 1.90. The lowest BCUT2D eigenvalue weighted by molar-refractivity contribution is -0.140. The first-order valence-corrected chi connectivity index (χ1v) is 3.27. The number of aliphatic carboxylic acids is 1. The molecule has 0 bridgehead atoms. The molecule has 9 heavy (non-hydrogen) atoms. The van der Waals surface area contributed by atoms with Crippen molar-refractivity contribution in [3.8, 4) is 0 Å². The molecule has 0 radical (unpaired) electrons. The van der Waals surface area contributed by atoms with Gasteiger partial charge in [-0.25, -0.2) is 0 Å². The van der Waals surface area contributed by atoms with E-state index < -0.39 is 5.97 Å². The second-order valence-corrected chi connectivity index (χ2v) is 2.34. The Kier molecular flexibility index (Phi) is 2.05. The molecule has 1 aliphatic heterocycles. The maximum atomic E-state index is 10.3. The predicted molar refractivity (Wildman–Crippen MR) is 33.3 cm³/mol. The van der Waals surface area contributed by atoms with Gasteiger partial charge in [0.2, 0.25) is 0 Å². The molecule has 1 heterocycles. The molecule has 0 aromatic rings. The molecular weight excluding hydrogens is 119 g/mol. The summed E-state index contributed by atoms with van der Waals surface area (Å²) in [5.74, 6) is -0.713. The maximum Gasteiger partial charge on any atom is 0.320 e. The monoisotopic (exact) mass is 130 g/mol. The van der Waals surface area contributed by atoms with Gasteiger partial charge in [0.05, 0.1) is 0 Å². The Morgan fingerprint density at radius 1 is 1.56 bits per heavy atom. The van der Waals surface area contributed by atoms with E-state index in [2.05, 4.69) is 5.32 Å². The highest BCUT2D eigenvalue weighted by Gasteiger charge is 2.18. The van der Waals surface area contributed by atoms with Crippen LogP contribution in [-0.2, 0) is 4.79 Å². The van der Waals surface area contributed by atoms with Crippen molar-refractivity contribution in [2.24, 2.45) is 0 Å². The van der Waals surface area contributed by atoms with Gasteiger partial charge in [0.25, 0.3) is 0 Å². The lowest BCUT2D eigenvalue weighted by Crippen LogP contribution is -2.40. The van der Waals surface area contributed by atoms with E-state index in [9.17, 15) is 4.79 Å². The highest BCUT2D eigenvalue weighted by molar-refractivity contribution is 5.73. The Hall–Kier alpha value is -0.570. The van der Waals surface area contributed by atoms with E-state index in [0.717, 1.165) is 25.8 Å². The van der Waals surface area contributed by atoms with Gasteiger partial charge in [-0.05, 0) is 19.4 Å². The Balaban J connectivity index is 2.31. The number of rotatable bonds is 1. The van der Waals surface area contributed by atoms with Gasteiger partial charge in [-0.15, -0.1) is 0 Å². The number of carbonyl (C=O) groups is 1. The SMILES string of the molecule is O=[13C](O)C1CCCCN1. The van der Waals surface area contributed by atoms with E-state index >= 15 is 0 Å². The average molecular weight is 130 g/mol. The van der Waals surface area contributed by atoms with E-state index in [-0.39, 0.29) is 6.04 Å². The van der Waals surface area contributed by atoms with Crippen LogP contribution in [0.4, 0.5) is 0 Å². The Bertz CT molecular complexity index is 108. The van der Waals surface area contributed by atoms with Crippen LogP contribution < -0.4 is 5.32 Å². The minimum atomic E-state index is -0.713. The lowest BCUT2D eigenvalue weighted by Gasteiger charge is -2.18. The number of carboxylic acids is 1. The van der Waals surface area contributed by atoms with Crippen molar-refractivity contribution in [2.75, 3.05) is 6.54 Å². The number of carboxylic acid groups (broad SMARTS) is 1. The van der Waals surface area contributed by atoms with E-state index in [1.807, 2.05) is 0 Å². The zero-order valence-electron chi connectivity index (χ0n) is 5.26. The van der Waals surface area contributed by atoms with Gasteiger partial charge in [-0.1, -0.05) is 6.42 Å². The van der Waals surface area contributed by atoms with E-state index in [1.165, 1.54) is 0 Å². The molecule has 1 aliphatic rings. The minimum Gasteiger partial charge on any atom is -0.480 e.